The van der Waals surface area contributed by atoms with E-state index in [1.165, 1.54) is 0 Å². The van der Waals surface area contributed by atoms with Crippen LogP contribution in [0.25, 0.3) is 0 Å². The fourth-order valence-electron chi connectivity index (χ4n) is 3.32. The monoisotopic (exact) mass is 242 g/mol. The average molecular weight is 242 g/mol. The molecule has 2 heterocycles. The largest absolute Gasteiger partial charge is 0.480 e. The van der Waals surface area contributed by atoms with Crippen LogP contribution in [0.4, 0.5) is 0 Å². The molecule has 0 unspecified atom stereocenters. The highest BCUT2D eigenvalue weighted by Gasteiger charge is 2.62. The van der Waals surface area contributed by atoms with Crippen LogP contribution < -0.4 is 10.6 Å². The van der Waals surface area contributed by atoms with Gasteiger partial charge in [0, 0.05) is 18.5 Å². The summed E-state index contributed by atoms with van der Waals surface area (Å²) in [6.07, 6.45) is 2.47. The number of rotatable bonds is 5. The first-order valence-corrected chi connectivity index (χ1v) is 6.08. The van der Waals surface area contributed by atoms with E-state index in [0.717, 1.165) is 13.0 Å². The smallest absolute Gasteiger partial charge is 0.451 e. The number of fused-ring (bicyclic) bond motifs is 1. The van der Waals surface area contributed by atoms with Gasteiger partial charge in [-0.2, -0.15) is 0 Å². The Morgan fingerprint density at radius 1 is 1.35 bits per heavy atom. The quantitative estimate of drug-likeness (QED) is 0.382. The number of carbonyl (C=O) groups is 1. The second-order valence-corrected chi connectivity index (χ2v) is 5.14. The van der Waals surface area contributed by atoms with E-state index < -0.39 is 18.6 Å². The van der Waals surface area contributed by atoms with E-state index in [4.69, 9.17) is 10.0 Å². The molecule has 0 aromatic carbocycles. The molecule has 96 valence electrons. The van der Waals surface area contributed by atoms with Gasteiger partial charge in [-0.25, -0.2) is 0 Å². The maximum absolute atomic E-state index is 11.5. The summed E-state index contributed by atoms with van der Waals surface area (Å²) in [6.45, 7) is 1.85. The van der Waals surface area contributed by atoms with Crippen molar-refractivity contribution in [1.29, 1.82) is 0 Å². The normalized spacial score (nSPS) is 35.9. The van der Waals surface area contributed by atoms with Crippen molar-refractivity contribution in [2.45, 2.75) is 31.1 Å². The molecule has 2 rings (SSSR count). The second-order valence-electron chi connectivity index (χ2n) is 5.14. The first-order valence-electron chi connectivity index (χ1n) is 6.08. The molecule has 2 fully saturated rings. The Hall–Kier alpha value is -0.625. The molecule has 17 heavy (non-hydrogen) atoms. The lowest BCUT2D eigenvalue weighted by atomic mass is 9.68. The SMILES string of the molecule is O=C(O)[C@@]12CNC[C@]1(CCCB(O)O)CCN2. The molecule has 0 aromatic rings. The lowest BCUT2D eigenvalue weighted by Gasteiger charge is -2.36. The van der Waals surface area contributed by atoms with Crippen LogP contribution in [0.3, 0.4) is 0 Å². The average Bonchev–Trinajstić information content (AvgIpc) is 2.72. The molecule has 7 heteroatoms. The van der Waals surface area contributed by atoms with Crippen LogP contribution in [0, 0.1) is 5.41 Å². The molecule has 0 radical (unpaired) electrons. The van der Waals surface area contributed by atoms with Gasteiger partial charge in [-0.15, -0.1) is 0 Å². The Morgan fingerprint density at radius 3 is 2.76 bits per heavy atom. The van der Waals surface area contributed by atoms with Gasteiger partial charge in [0.2, 0.25) is 0 Å². The van der Waals surface area contributed by atoms with Gasteiger partial charge in [0.15, 0.2) is 0 Å². The highest BCUT2D eigenvalue weighted by Crippen LogP contribution is 2.46. The number of carboxylic acids is 1. The first kappa shape index (κ1) is 12.8. The van der Waals surface area contributed by atoms with Gasteiger partial charge in [0.05, 0.1) is 0 Å². The zero-order valence-electron chi connectivity index (χ0n) is 9.78. The van der Waals surface area contributed by atoms with Crippen molar-refractivity contribution in [3.05, 3.63) is 0 Å². The van der Waals surface area contributed by atoms with Crippen LogP contribution in [0.1, 0.15) is 19.3 Å². The summed E-state index contributed by atoms with van der Waals surface area (Å²) in [7, 11) is -1.30. The number of aliphatic carboxylic acids is 1. The van der Waals surface area contributed by atoms with Gasteiger partial charge >= 0.3 is 13.1 Å². The van der Waals surface area contributed by atoms with Crippen molar-refractivity contribution in [1.82, 2.24) is 10.6 Å². The Labute approximate surface area is 101 Å². The molecule has 0 aromatic heterocycles. The Bertz CT molecular complexity index is 301. The van der Waals surface area contributed by atoms with E-state index in [9.17, 15) is 9.90 Å². The third kappa shape index (κ3) is 1.97. The highest BCUT2D eigenvalue weighted by molar-refractivity contribution is 6.40. The molecule has 2 aliphatic rings. The molecule has 0 bridgehead atoms. The van der Waals surface area contributed by atoms with Crippen LogP contribution in [0.5, 0.6) is 0 Å². The fourth-order valence-corrected chi connectivity index (χ4v) is 3.32. The van der Waals surface area contributed by atoms with E-state index in [1.54, 1.807) is 0 Å². The Morgan fingerprint density at radius 2 is 2.12 bits per heavy atom. The van der Waals surface area contributed by atoms with Crippen LogP contribution in [0.2, 0.25) is 6.32 Å². The minimum Gasteiger partial charge on any atom is -0.480 e. The predicted molar refractivity (Wildman–Crippen MR) is 62.5 cm³/mol. The van der Waals surface area contributed by atoms with Gasteiger partial charge in [-0.3, -0.25) is 4.79 Å². The molecule has 2 saturated heterocycles. The molecule has 0 amide bonds. The molecule has 0 aliphatic carbocycles. The summed E-state index contributed by atoms with van der Waals surface area (Å²) >= 11 is 0. The Balaban J connectivity index is 2.08. The van der Waals surface area contributed by atoms with Gasteiger partial charge in [0.25, 0.3) is 0 Å². The van der Waals surface area contributed by atoms with Crippen molar-refractivity contribution >= 4 is 13.1 Å². The zero-order chi connectivity index (χ0) is 12.5. The van der Waals surface area contributed by atoms with Gasteiger partial charge < -0.3 is 25.8 Å². The molecular weight excluding hydrogens is 223 g/mol. The highest BCUT2D eigenvalue weighted by atomic mass is 16.4. The maximum atomic E-state index is 11.5. The summed E-state index contributed by atoms with van der Waals surface area (Å²) in [6, 6.07) is 0. The molecule has 2 atom stereocenters. The third-order valence-electron chi connectivity index (χ3n) is 4.27. The molecule has 5 N–H and O–H groups in total. The molecule has 0 spiro atoms. The maximum Gasteiger partial charge on any atom is 0.451 e. The van der Waals surface area contributed by atoms with Crippen LogP contribution in [0.15, 0.2) is 0 Å². The summed E-state index contributed by atoms with van der Waals surface area (Å²) < 4.78 is 0. The van der Waals surface area contributed by atoms with E-state index in [-0.39, 0.29) is 5.41 Å². The lowest BCUT2D eigenvalue weighted by molar-refractivity contribution is -0.147. The summed E-state index contributed by atoms with van der Waals surface area (Å²) in [5.74, 6) is -0.801. The van der Waals surface area contributed by atoms with Crippen LogP contribution in [-0.2, 0) is 4.79 Å². The molecule has 6 nitrogen and oxygen atoms in total. The zero-order valence-corrected chi connectivity index (χ0v) is 9.78. The molecule has 0 saturated carbocycles. The summed E-state index contributed by atoms with van der Waals surface area (Å²) in [4.78, 5) is 11.5. The van der Waals surface area contributed by atoms with Gasteiger partial charge in [-0.05, 0) is 25.7 Å². The van der Waals surface area contributed by atoms with Crippen LogP contribution in [-0.4, -0.2) is 53.4 Å². The third-order valence-corrected chi connectivity index (χ3v) is 4.27. The van der Waals surface area contributed by atoms with E-state index in [1.807, 2.05) is 0 Å². The van der Waals surface area contributed by atoms with Crippen molar-refractivity contribution < 1.29 is 19.9 Å². The molecule has 2 aliphatic heterocycles. The number of hydrogen-bond acceptors (Lipinski definition) is 5. The van der Waals surface area contributed by atoms with Crippen molar-refractivity contribution in [2.75, 3.05) is 19.6 Å². The number of hydrogen-bond donors (Lipinski definition) is 5. The van der Waals surface area contributed by atoms with Crippen molar-refractivity contribution in [3.63, 3.8) is 0 Å². The summed E-state index contributed by atoms with van der Waals surface area (Å²) in [5.41, 5.74) is -1.15. The topological polar surface area (TPSA) is 102 Å². The fraction of sp³-hybridized carbons (Fsp3) is 0.900. The van der Waals surface area contributed by atoms with Crippen molar-refractivity contribution in [2.24, 2.45) is 5.41 Å². The van der Waals surface area contributed by atoms with E-state index in [0.29, 0.717) is 32.3 Å². The number of carboxylic acid groups (broad SMARTS) is 1. The van der Waals surface area contributed by atoms with Crippen LogP contribution >= 0.6 is 0 Å². The second kappa shape index (κ2) is 4.57. The van der Waals surface area contributed by atoms with Gasteiger partial charge in [-0.1, -0.05) is 6.42 Å². The van der Waals surface area contributed by atoms with E-state index in [2.05, 4.69) is 10.6 Å². The first-order chi connectivity index (χ1) is 8.02. The molecular formula is C10H19BN2O4. The predicted octanol–water partition coefficient (Wildman–Crippen LogP) is -1.35. The van der Waals surface area contributed by atoms with E-state index >= 15 is 0 Å². The van der Waals surface area contributed by atoms with Gasteiger partial charge in [0.1, 0.15) is 5.54 Å². The Kier molecular flexibility index (Phi) is 3.44. The summed E-state index contributed by atoms with van der Waals surface area (Å²) in [5, 5.41) is 33.4. The van der Waals surface area contributed by atoms with Crippen molar-refractivity contribution in [3.8, 4) is 0 Å². The lowest BCUT2D eigenvalue weighted by Crippen LogP contribution is -2.58. The number of nitrogens with one attached hydrogen (secondary N) is 2. The minimum absolute atomic E-state index is 0.284. The standard InChI is InChI=1S/C10H19BN2O4/c14-8(15)10-7-12-6-9(10,3-5-13-10)2-1-4-11(16)17/h12-13,16-17H,1-7H2,(H,14,15)/t9-,10-/m0/s1. The minimum atomic E-state index is -1.30.